The van der Waals surface area contributed by atoms with Crippen LogP contribution in [0.25, 0.3) is 11.1 Å². The smallest absolute Gasteiger partial charge is 0.409 e. The zero-order valence-corrected chi connectivity index (χ0v) is 19.2. The molecule has 3 aromatic rings. The average molecular weight is 472 g/mol. The van der Waals surface area contributed by atoms with Gasteiger partial charge in [0.2, 0.25) is 0 Å². The fourth-order valence-corrected chi connectivity index (χ4v) is 4.86. The first-order chi connectivity index (χ1) is 15.3. The van der Waals surface area contributed by atoms with E-state index in [4.69, 9.17) is 20.2 Å². The number of halogens is 1. The second-order valence-electron chi connectivity index (χ2n) is 7.57. The Morgan fingerprint density at radius 1 is 1.00 bits per heavy atom. The first-order valence-corrected chi connectivity index (χ1v) is 12.3. The van der Waals surface area contributed by atoms with Gasteiger partial charge in [-0.15, -0.1) is 0 Å². The van der Waals surface area contributed by atoms with Crippen molar-refractivity contribution in [1.29, 1.82) is 0 Å². The molecule has 3 aromatic carbocycles. The van der Waals surface area contributed by atoms with E-state index in [2.05, 4.69) is 24.3 Å². The number of nitrogens with zero attached hydrogens (tertiary/aromatic N) is 1. The van der Waals surface area contributed by atoms with Crippen LogP contribution < -0.4 is 4.74 Å². The van der Waals surface area contributed by atoms with E-state index in [0.717, 1.165) is 22.3 Å². The average Bonchev–Trinajstić information content (AvgIpc) is 3.10. The fourth-order valence-electron chi connectivity index (χ4n) is 4.05. The summed E-state index contributed by atoms with van der Waals surface area (Å²) in [5, 5.41) is 0. The van der Waals surface area contributed by atoms with Crippen LogP contribution in [0.5, 0.6) is 5.75 Å². The highest BCUT2D eigenvalue weighted by molar-refractivity contribution is 8.13. The molecule has 1 aliphatic rings. The third-order valence-electron chi connectivity index (χ3n) is 5.59. The number of amides is 1. The molecule has 1 aliphatic carbocycles. The number of hydrogen-bond acceptors (Lipinski definition) is 5. The summed E-state index contributed by atoms with van der Waals surface area (Å²) in [5.74, 6) is 0.409. The summed E-state index contributed by atoms with van der Waals surface area (Å²) in [6, 6.07) is 20.5. The van der Waals surface area contributed by atoms with Crippen LogP contribution in [0.4, 0.5) is 4.79 Å². The molecule has 0 N–H and O–H groups in total. The normalized spacial score (nSPS) is 12.7. The number of fused-ring (bicyclic) bond motifs is 3. The van der Waals surface area contributed by atoms with Gasteiger partial charge in [0.15, 0.2) is 0 Å². The predicted molar refractivity (Wildman–Crippen MR) is 123 cm³/mol. The maximum Gasteiger partial charge on any atom is 0.409 e. The minimum Gasteiger partial charge on any atom is -0.496 e. The van der Waals surface area contributed by atoms with Gasteiger partial charge < -0.3 is 14.4 Å². The molecule has 1 amide bonds. The summed E-state index contributed by atoms with van der Waals surface area (Å²) >= 11 is 0. The van der Waals surface area contributed by atoms with Crippen LogP contribution in [-0.2, 0) is 20.3 Å². The van der Waals surface area contributed by atoms with Gasteiger partial charge in [-0.3, -0.25) is 0 Å². The van der Waals surface area contributed by atoms with Crippen LogP contribution >= 0.6 is 10.7 Å². The van der Waals surface area contributed by atoms with E-state index >= 15 is 0 Å². The van der Waals surface area contributed by atoms with Gasteiger partial charge in [-0.2, -0.15) is 0 Å². The lowest BCUT2D eigenvalue weighted by Crippen LogP contribution is -2.28. The van der Waals surface area contributed by atoms with Crippen LogP contribution in [0, 0.1) is 0 Å². The Morgan fingerprint density at radius 2 is 1.59 bits per heavy atom. The minimum atomic E-state index is -3.90. The van der Waals surface area contributed by atoms with Crippen molar-refractivity contribution >= 4 is 25.8 Å². The summed E-state index contributed by atoms with van der Waals surface area (Å²) in [4.78, 5) is 14.0. The van der Waals surface area contributed by atoms with E-state index < -0.39 is 15.1 Å². The van der Waals surface area contributed by atoms with Crippen molar-refractivity contribution in [1.82, 2.24) is 4.90 Å². The molecule has 0 aliphatic heterocycles. The van der Waals surface area contributed by atoms with Crippen LogP contribution in [0.15, 0.2) is 71.6 Å². The number of rotatable bonds is 6. The first-order valence-electron chi connectivity index (χ1n) is 9.97. The molecule has 32 heavy (non-hydrogen) atoms. The van der Waals surface area contributed by atoms with E-state index in [0.29, 0.717) is 11.3 Å². The number of methoxy groups -OCH3 is 1. The Balaban J connectivity index is 1.49. The van der Waals surface area contributed by atoms with Gasteiger partial charge in [0.1, 0.15) is 12.4 Å². The SMILES string of the molecule is COc1ccc(S(=O)(=O)Cl)cc1CN(C)C(=O)OCC1c2ccccc2-c2ccccc21. The van der Waals surface area contributed by atoms with Crippen molar-refractivity contribution in [2.45, 2.75) is 17.4 Å². The molecule has 166 valence electrons. The third kappa shape index (κ3) is 4.31. The molecule has 0 fully saturated rings. The standard InChI is InChI=1S/C24H22ClNO5S/c1-26(14-16-13-17(32(25,28)29)11-12-23(16)30-2)24(27)31-15-22-20-9-5-3-7-18(20)19-8-4-6-10-21(19)22/h3-13,22H,14-15H2,1-2H3. The Kier molecular flexibility index (Phi) is 6.13. The Labute approximate surface area is 191 Å². The molecule has 0 heterocycles. The number of benzene rings is 3. The maximum absolute atomic E-state index is 12.7. The monoisotopic (exact) mass is 471 g/mol. The van der Waals surface area contributed by atoms with E-state index in [1.165, 1.54) is 30.2 Å². The highest BCUT2D eigenvalue weighted by Crippen LogP contribution is 2.44. The van der Waals surface area contributed by atoms with Crippen molar-refractivity contribution < 1.29 is 22.7 Å². The molecule has 4 rings (SSSR count). The second kappa shape index (κ2) is 8.84. The summed E-state index contributed by atoms with van der Waals surface area (Å²) < 4.78 is 34.3. The number of carbonyl (C=O) groups excluding carboxylic acids is 1. The molecule has 6 nitrogen and oxygen atoms in total. The van der Waals surface area contributed by atoms with Crippen molar-refractivity contribution in [2.75, 3.05) is 20.8 Å². The Hall–Kier alpha value is -3.03. The van der Waals surface area contributed by atoms with E-state index in [-0.39, 0.29) is 24.0 Å². The zero-order valence-electron chi connectivity index (χ0n) is 17.6. The molecular formula is C24H22ClNO5S. The number of hydrogen-bond donors (Lipinski definition) is 0. The topological polar surface area (TPSA) is 72.9 Å². The lowest BCUT2D eigenvalue weighted by atomic mass is 9.98. The maximum atomic E-state index is 12.7. The van der Waals surface area contributed by atoms with Crippen LogP contribution in [0.1, 0.15) is 22.6 Å². The van der Waals surface area contributed by atoms with Crippen LogP contribution in [0.2, 0.25) is 0 Å². The first kappa shape index (κ1) is 22.2. The van der Waals surface area contributed by atoms with Gasteiger partial charge in [-0.1, -0.05) is 48.5 Å². The predicted octanol–water partition coefficient (Wildman–Crippen LogP) is 5.00. The van der Waals surface area contributed by atoms with Crippen molar-refractivity contribution in [3.05, 3.63) is 83.4 Å². The zero-order chi connectivity index (χ0) is 22.9. The molecule has 8 heteroatoms. The van der Waals surface area contributed by atoms with E-state index in [1.807, 2.05) is 24.3 Å². The molecule has 0 spiro atoms. The highest BCUT2D eigenvalue weighted by atomic mass is 35.7. The summed E-state index contributed by atoms with van der Waals surface area (Å²) in [7, 11) is 4.61. The summed E-state index contributed by atoms with van der Waals surface area (Å²) in [6.45, 7) is 0.296. The van der Waals surface area contributed by atoms with E-state index in [1.54, 1.807) is 7.05 Å². The number of ether oxygens (including phenoxy) is 2. The minimum absolute atomic E-state index is 0.0426. The molecule has 0 saturated heterocycles. The Bertz CT molecular complexity index is 1230. The van der Waals surface area contributed by atoms with E-state index in [9.17, 15) is 13.2 Å². The van der Waals surface area contributed by atoms with Crippen molar-refractivity contribution in [2.24, 2.45) is 0 Å². The van der Waals surface area contributed by atoms with Gasteiger partial charge in [-0.25, -0.2) is 13.2 Å². The van der Waals surface area contributed by atoms with Crippen LogP contribution in [0.3, 0.4) is 0 Å². The van der Waals surface area contributed by atoms with Gasteiger partial charge >= 0.3 is 6.09 Å². The lowest BCUT2D eigenvalue weighted by Gasteiger charge is -2.21. The molecule has 0 bridgehead atoms. The highest BCUT2D eigenvalue weighted by Gasteiger charge is 2.29. The Morgan fingerprint density at radius 3 is 2.16 bits per heavy atom. The second-order valence-corrected chi connectivity index (χ2v) is 10.1. The third-order valence-corrected chi connectivity index (χ3v) is 6.94. The molecule has 0 unspecified atom stereocenters. The molecule has 0 aromatic heterocycles. The van der Waals surface area contributed by atoms with Crippen LogP contribution in [-0.4, -0.2) is 40.2 Å². The van der Waals surface area contributed by atoms with Gasteiger partial charge in [-0.05, 0) is 40.5 Å². The van der Waals surface area contributed by atoms with Gasteiger partial charge in [0.05, 0.1) is 18.6 Å². The van der Waals surface area contributed by atoms with Crippen molar-refractivity contribution in [3.63, 3.8) is 0 Å². The molecule has 0 radical (unpaired) electrons. The lowest BCUT2D eigenvalue weighted by molar-refractivity contribution is 0.106. The fraction of sp³-hybridized carbons (Fsp3) is 0.208. The number of carbonyl (C=O) groups is 1. The summed E-state index contributed by atoms with van der Waals surface area (Å²) in [6.07, 6.45) is -0.520. The van der Waals surface area contributed by atoms with Gasteiger partial charge in [0, 0.05) is 29.2 Å². The molecule has 0 atom stereocenters. The molecular weight excluding hydrogens is 450 g/mol. The largest absolute Gasteiger partial charge is 0.496 e. The van der Waals surface area contributed by atoms with Crippen molar-refractivity contribution in [3.8, 4) is 16.9 Å². The summed E-state index contributed by atoms with van der Waals surface area (Å²) in [5.41, 5.74) is 5.07. The van der Waals surface area contributed by atoms with Gasteiger partial charge in [0.25, 0.3) is 9.05 Å². The molecule has 0 saturated carbocycles. The quantitative estimate of drug-likeness (QED) is 0.473.